The molecule has 0 spiro atoms. The molecule has 17 heavy (non-hydrogen) atoms. The Labute approximate surface area is 103 Å². The van der Waals surface area contributed by atoms with Crippen LogP contribution in [0.2, 0.25) is 0 Å². The first kappa shape index (κ1) is 16.3. The molecule has 2 N–H and O–H groups in total. The van der Waals surface area contributed by atoms with Crippen LogP contribution in [-0.2, 0) is 19.7 Å². The molecule has 0 atom stereocenters. The van der Waals surface area contributed by atoms with Gasteiger partial charge < -0.3 is 10.1 Å². The second-order valence-corrected chi connectivity index (χ2v) is 5.37. The molecule has 0 amide bonds. The topological polar surface area (TPSA) is 87.7 Å². The smallest absolute Gasteiger partial charge is 0.306 e. The van der Waals surface area contributed by atoms with E-state index in [1.165, 1.54) is 14.2 Å². The second-order valence-electron chi connectivity index (χ2n) is 3.50. The van der Waals surface area contributed by atoms with Crippen molar-refractivity contribution < 1.29 is 17.9 Å². The lowest BCUT2D eigenvalue weighted by molar-refractivity contribution is -0.140. The first-order chi connectivity index (χ1) is 7.94. The number of rotatable bonds is 9. The predicted molar refractivity (Wildman–Crippen MR) is 64.7 cm³/mol. The summed E-state index contributed by atoms with van der Waals surface area (Å²) < 4.78 is 31.3. The SMILES string of the molecule is CNCCCNS(=O)(=O)N(C)CCC(=O)OC. The van der Waals surface area contributed by atoms with E-state index in [0.29, 0.717) is 13.0 Å². The highest BCUT2D eigenvalue weighted by Gasteiger charge is 2.17. The molecule has 0 heterocycles. The summed E-state index contributed by atoms with van der Waals surface area (Å²) in [4.78, 5) is 10.9. The van der Waals surface area contributed by atoms with Crippen molar-refractivity contribution in [1.29, 1.82) is 0 Å². The Balaban J connectivity index is 3.99. The molecule has 0 aromatic carbocycles. The highest BCUT2D eigenvalue weighted by molar-refractivity contribution is 7.87. The fourth-order valence-electron chi connectivity index (χ4n) is 1.05. The Morgan fingerprint density at radius 1 is 1.35 bits per heavy atom. The first-order valence-electron chi connectivity index (χ1n) is 5.36. The molecule has 8 heteroatoms. The number of nitrogens with one attached hydrogen (secondary N) is 2. The van der Waals surface area contributed by atoms with Crippen LogP contribution in [0.5, 0.6) is 0 Å². The molecule has 102 valence electrons. The van der Waals surface area contributed by atoms with Gasteiger partial charge in [0.1, 0.15) is 0 Å². The van der Waals surface area contributed by atoms with Crippen LogP contribution in [0.1, 0.15) is 12.8 Å². The van der Waals surface area contributed by atoms with Crippen LogP contribution in [-0.4, -0.2) is 59.5 Å². The Bertz CT molecular complexity index is 318. The van der Waals surface area contributed by atoms with Crippen LogP contribution in [0.15, 0.2) is 0 Å². The van der Waals surface area contributed by atoms with Crippen molar-refractivity contribution in [3.05, 3.63) is 0 Å². The predicted octanol–water partition coefficient (Wildman–Crippen LogP) is -1.07. The van der Waals surface area contributed by atoms with Crippen LogP contribution in [0.25, 0.3) is 0 Å². The van der Waals surface area contributed by atoms with Gasteiger partial charge in [0.2, 0.25) is 0 Å². The van der Waals surface area contributed by atoms with Crippen LogP contribution in [0.3, 0.4) is 0 Å². The van der Waals surface area contributed by atoms with E-state index < -0.39 is 16.2 Å². The quantitative estimate of drug-likeness (QED) is 0.410. The van der Waals surface area contributed by atoms with Gasteiger partial charge in [-0.3, -0.25) is 4.79 Å². The molecule has 0 bridgehead atoms. The average Bonchev–Trinajstić information content (AvgIpc) is 2.31. The minimum atomic E-state index is -3.50. The molecule has 7 nitrogen and oxygen atoms in total. The molecule has 0 aliphatic rings. The summed E-state index contributed by atoms with van der Waals surface area (Å²) in [6.07, 6.45) is 0.755. The molecule has 0 aliphatic heterocycles. The van der Waals surface area contributed by atoms with E-state index in [-0.39, 0.29) is 13.0 Å². The minimum Gasteiger partial charge on any atom is -0.469 e. The van der Waals surface area contributed by atoms with E-state index in [4.69, 9.17) is 0 Å². The zero-order valence-corrected chi connectivity index (χ0v) is 11.3. The van der Waals surface area contributed by atoms with Gasteiger partial charge in [0.25, 0.3) is 10.2 Å². The maximum absolute atomic E-state index is 11.6. The average molecular weight is 267 g/mol. The molecule has 0 fully saturated rings. The normalized spacial score (nSPS) is 11.8. The first-order valence-corrected chi connectivity index (χ1v) is 6.80. The van der Waals surface area contributed by atoms with E-state index >= 15 is 0 Å². The summed E-state index contributed by atoms with van der Waals surface area (Å²) in [5.41, 5.74) is 0. The Kier molecular flexibility index (Phi) is 8.05. The van der Waals surface area contributed by atoms with Crippen molar-refractivity contribution in [3.63, 3.8) is 0 Å². The molecular weight excluding hydrogens is 246 g/mol. The molecule has 0 saturated carbocycles. The molecule has 0 unspecified atom stereocenters. The minimum absolute atomic E-state index is 0.0461. The monoisotopic (exact) mass is 267 g/mol. The van der Waals surface area contributed by atoms with Crippen molar-refractivity contribution in [3.8, 4) is 0 Å². The Hall–Kier alpha value is -0.700. The maximum atomic E-state index is 11.6. The number of esters is 1. The highest BCUT2D eigenvalue weighted by atomic mass is 32.2. The van der Waals surface area contributed by atoms with E-state index in [2.05, 4.69) is 14.8 Å². The van der Waals surface area contributed by atoms with Crippen molar-refractivity contribution >= 4 is 16.2 Å². The van der Waals surface area contributed by atoms with Gasteiger partial charge in [0, 0.05) is 20.1 Å². The third-order valence-corrected chi connectivity index (χ3v) is 3.73. The number of hydrogen-bond acceptors (Lipinski definition) is 5. The summed E-state index contributed by atoms with van der Waals surface area (Å²) in [6.45, 7) is 1.22. The molecule has 0 rings (SSSR count). The standard InChI is InChI=1S/C9H21N3O4S/c1-10-6-4-7-11-17(14,15)12(2)8-5-9(13)16-3/h10-11H,4-8H2,1-3H3. The summed E-state index contributed by atoms with van der Waals surface area (Å²) in [5, 5.41) is 2.92. The lowest BCUT2D eigenvalue weighted by atomic mass is 10.4. The Morgan fingerprint density at radius 2 is 2.00 bits per heavy atom. The van der Waals surface area contributed by atoms with Crippen LogP contribution in [0, 0.1) is 0 Å². The summed E-state index contributed by atoms with van der Waals surface area (Å²) >= 11 is 0. The van der Waals surface area contributed by atoms with Crippen LogP contribution >= 0.6 is 0 Å². The molecular formula is C9H21N3O4S. The zero-order valence-electron chi connectivity index (χ0n) is 10.5. The van der Waals surface area contributed by atoms with E-state index in [0.717, 1.165) is 10.8 Å². The van der Waals surface area contributed by atoms with Gasteiger partial charge in [0.05, 0.1) is 13.5 Å². The fraction of sp³-hybridized carbons (Fsp3) is 0.889. The highest BCUT2D eigenvalue weighted by Crippen LogP contribution is 1.96. The largest absolute Gasteiger partial charge is 0.469 e. The molecule has 0 aromatic heterocycles. The fourth-order valence-corrected chi connectivity index (χ4v) is 2.00. The van der Waals surface area contributed by atoms with Crippen molar-refractivity contribution in [2.45, 2.75) is 12.8 Å². The van der Waals surface area contributed by atoms with Gasteiger partial charge in [-0.25, -0.2) is 4.72 Å². The Morgan fingerprint density at radius 3 is 2.53 bits per heavy atom. The van der Waals surface area contributed by atoms with Crippen molar-refractivity contribution in [2.24, 2.45) is 0 Å². The van der Waals surface area contributed by atoms with Gasteiger partial charge in [0.15, 0.2) is 0 Å². The van der Waals surface area contributed by atoms with E-state index in [1.54, 1.807) is 7.05 Å². The number of ether oxygens (including phenoxy) is 1. The molecule has 0 aliphatic carbocycles. The van der Waals surface area contributed by atoms with Gasteiger partial charge in [-0.15, -0.1) is 0 Å². The van der Waals surface area contributed by atoms with Gasteiger partial charge >= 0.3 is 5.97 Å². The van der Waals surface area contributed by atoms with Gasteiger partial charge in [-0.05, 0) is 20.0 Å². The summed E-state index contributed by atoms with van der Waals surface area (Å²) in [7, 11) is 0.996. The molecule has 0 radical (unpaired) electrons. The number of hydrogen-bond donors (Lipinski definition) is 2. The number of carbonyl (C=O) groups is 1. The van der Waals surface area contributed by atoms with Crippen LogP contribution in [0.4, 0.5) is 0 Å². The zero-order chi connectivity index (χ0) is 13.3. The lowest BCUT2D eigenvalue weighted by Gasteiger charge is -2.16. The lowest BCUT2D eigenvalue weighted by Crippen LogP contribution is -2.40. The van der Waals surface area contributed by atoms with E-state index in [9.17, 15) is 13.2 Å². The second kappa shape index (κ2) is 8.40. The number of carbonyl (C=O) groups excluding carboxylic acids is 1. The molecule has 0 aromatic rings. The number of nitrogens with zero attached hydrogens (tertiary/aromatic N) is 1. The van der Waals surface area contributed by atoms with Crippen molar-refractivity contribution in [1.82, 2.24) is 14.3 Å². The van der Waals surface area contributed by atoms with Crippen molar-refractivity contribution in [2.75, 3.05) is 40.8 Å². The number of methoxy groups -OCH3 is 1. The third-order valence-electron chi connectivity index (χ3n) is 2.16. The van der Waals surface area contributed by atoms with Gasteiger partial charge in [-0.2, -0.15) is 12.7 Å². The summed E-state index contributed by atoms with van der Waals surface area (Å²) in [5.74, 6) is -0.428. The van der Waals surface area contributed by atoms with Crippen LogP contribution < -0.4 is 10.0 Å². The third kappa shape index (κ3) is 7.27. The summed E-state index contributed by atoms with van der Waals surface area (Å²) in [6, 6.07) is 0. The molecule has 0 saturated heterocycles. The van der Waals surface area contributed by atoms with Gasteiger partial charge in [-0.1, -0.05) is 0 Å². The van der Waals surface area contributed by atoms with E-state index in [1.807, 2.05) is 0 Å². The maximum Gasteiger partial charge on any atom is 0.306 e.